The van der Waals surface area contributed by atoms with Crippen LogP contribution in [0.25, 0.3) is 33.8 Å². The van der Waals surface area contributed by atoms with Crippen LogP contribution in [0.15, 0.2) is 86.7 Å². The maximum Gasteiger partial charge on any atom is 0.301 e. The van der Waals surface area contributed by atoms with Crippen molar-refractivity contribution in [2.24, 2.45) is 32.9 Å². The summed E-state index contributed by atoms with van der Waals surface area (Å²) in [5.41, 5.74) is 4.70. The molecule has 43 heavy (non-hydrogen) atoms. The van der Waals surface area contributed by atoms with Gasteiger partial charge in [0, 0.05) is 24.2 Å². The van der Waals surface area contributed by atoms with E-state index in [1.54, 1.807) is 0 Å². The number of benzene rings is 3. The lowest BCUT2D eigenvalue weighted by atomic mass is 9.85. The Kier molecular flexibility index (Phi) is 6.60. The Morgan fingerprint density at radius 2 is 1.72 bits per heavy atom. The van der Waals surface area contributed by atoms with Gasteiger partial charge in [0.15, 0.2) is 11.5 Å². The van der Waals surface area contributed by atoms with Crippen molar-refractivity contribution in [3.8, 4) is 0 Å². The van der Waals surface area contributed by atoms with E-state index in [0.29, 0.717) is 18.7 Å². The molecule has 2 unspecified atom stereocenters. The monoisotopic (exact) mass is 589 g/mol. The zero-order chi connectivity index (χ0) is 29.7. The molecule has 1 N–H and O–H groups in total. The van der Waals surface area contributed by atoms with Gasteiger partial charge in [0.2, 0.25) is 0 Å². The molecule has 2 atom stereocenters. The average Bonchev–Trinajstić information content (AvgIpc) is 3.62. The molecule has 2 aliphatic heterocycles. The molecule has 0 fully saturated rings. The zero-order valence-corrected chi connectivity index (χ0v) is 24.1. The van der Waals surface area contributed by atoms with Crippen LogP contribution < -0.4 is 10.4 Å². The summed E-state index contributed by atoms with van der Waals surface area (Å²) in [7, 11) is -2.19. The first-order chi connectivity index (χ1) is 20.8. The van der Waals surface area contributed by atoms with Gasteiger partial charge in [-0.2, -0.15) is 13.4 Å². The fraction of sp³-hybridized carbons (Fsp3) is 0.182. The summed E-state index contributed by atoms with van der Waals surface area (Å²) in [6.45, 7) is 0. The minimum absolute atomic E-state index is 0.238. The van der Waals surface area contributed by atoms with Gasteiger partial charge in [-0.1, -0.05) is 66.8 Å². The Morgan fingerprint density at radius 3 is 2.51 bits per heavy atom. The van der Waals surface area contributed by atoms with Crippen LogP contribution in [0, 0.1) is 5.92 Å². The number of amides is 1. The Morgan fingerprint density at radius 1 is 0.953 bits per heavy atom. The summed E-state index contributed by atoms with van der Waals surface area (Å²) < 4.78 is 37.1. The topological polar surface area (TPSA) is 126 Å². The zero-order valence-electron chi connectivity index (χ0n) is 23.3. The highest BCUT2D eigenvalue weighted by Gasteiger charge is 2.35. The van der Waals surface area contributed by atoms with Gasteiger partial charge in [0.25, 0.3) is 10.1 Å². The fourth-order valence-electron chi connectivity index (χ4n) is 6.34. The highest BCUT2D eigenvalue weighted by atomic mass is 32.2. The van der Waals surface area contributed by atoms with Crippen LogP contribution in [0.5, 0.6) is 0 Å². The van der Waals surface area contributed by atoms with E-state index < -0.39 is 15.4 Å². The average molecular weight is 590 g/mol. The van der Waals surface area contributed by atoms with E-state index >= 15 is 0 Å². The molecule has 0 saturated heterocycles. The second-order valence-electron chi connectivity index (χ2n) is 10.9. The molecule has 0 bridgehead atoms. The van der Waals surface area contributed by atoms with Gasteiger partial charge in [-0.05, 0) is 69.1 Å². The number of aryl methyl sites for hydroxylation is 1. The van der Waals surface area contributed by atoms with Crippen LogP contribution in [0.2, 0.25) is 0 Å². The molecule has 1 amide bonds. The number of fused-ring (bicyclic) bond motifs is 7. The maximum absolute atomic E-state index is 12.4. The van der Waals surface area contributed by atoms with E-state index in [0.717, 1.165) is 39.2 Å². The van der Waals surface area contributed by atoms with Crippen LogP contribution in [-0.2, 0) is 41.2 Å². The van der Waals surface area contributed by atoms with E-state index in [1.165, 1.54) is 28.8 Å². The molecular weight excluding hydrogens is 562 g/mol. The minimum atomic E-state index is -4.20. The number of allylic oxidation sites excluding steroid dienone is 2. The maximum atomic E-state index is 12.4. The van der Waals surface area contributed by atoms with Crippen molar-refractivity contribution in [3.05, 3.63) is 94.0 Å². The molecule has 3 aromatic carbocycles. The number of para-hydroxylation sites is 1. The summed E-state index contributed by atoms with van der Waals surface area (Å²) in [4.78, 5) is 25.3. The quantitative estimate of drug-likeness (QED) is 0.369. The smallest absolute Gasteiger partial charge is 0.301 e. The summed E-state index contributed by atoms with van der Waals surface area (Å²) >= 11 is 0. The van der Waals surface area contributed by atoms with E-state index in [-0.39, 0.29) is 17.5 Å². The number of carbonyl (C=O) groups is 1. The van der Waals surface area contributed by atoms with Crippen LogP contribution in [0.1, 0.15) is 16.8 Å². The highest BCUT2D eigenvalue weighted by Crippen LogP contribution is 2.29. The lowest BCUT2D eigenvalue weighted by Crippen LogP contribution is -2.38. The third-order valence-electron chi connectivity index (χ3n) is 8.50. The normalized spacial score (nSPS) is 19.9. The number of nitrogens with zero attached hydrogens (tertiary/aromatic N) is 5. The molecule has 9 nitrogen and oxygen atoms in total. The predicted octanol–water partition coefficient (Wildman–Crippen LogP) is 3.11. The lowest BCUT2D eigenvalue weighted by molar-refractivity contribution is -0.111. The third kappa shape index (κ3) is 4.88. The number of aromatic nitrogens is 1. The molecular formula is C33H27N5O4S. The summed E-state index contributed by atoms with van der Waals surface area (Å²) in [5, 5.41) is 4.97. The van der Waals surface area contributed by atoms with Crippen LogP contribution in [0.4, 0.5) is 0 Å². The Balaban J connectivity index is 0.000000253. The van der Waals surface area contributed by atoms with Gasteiger partial charge in [-0.3, -0.25) is 9.35 Å². The second-order valence-corrected chi connectivity index (χ2v) is 12.6. The molecule has 1 aromatic heterocycles. The number of carbonyl (C=O) groups excluding carboxylic acids is 1. The van der Waals surface area contributed by atoms with E-state index in [9.17, 15) is 17.8 Å². The number of rotatable bonds is 3. The molecule has 10 heteroatoms. The molecule has 3 heterocycles. The SMILES string of the molecule is Cn1c(CC2C=c3c(ccc4c5c(ccc34)CC=CC=5)CC2S(=O)(=O)O)cc2ccccc21.O=C1N=CN=C2N=CN=C12. The first-order valence-corrected chi connectivity index (χ1v) is 15.5. The van der Waals surface area contributed by atoms with Gasteiger partial charge >= 0.3 is 5.91 Å². The van der Waals surface area contributed by atoms with Crippen molar-refractivity contribution in [1.29, 1.82) is 0 Å². The third-order valence-corrected chi connectivity index (χ3v) is 9.78. The van der Waals surface area contributed by atoms with Crippen molar-refractivity contribution in [2.75, 3.05) is 0 Å². The Bertz CT molecular complexity index is 2230. The van der Waals surface area contributed by atoms with Crippen LogP contribution in [-0.4, -0.2) is 52.9 Å². The van der Waals surface area contributed by atoms with Gasteiger partial charge in [0.1, 0.15) is 12.7 Å². The van der Waals surface area contributed by atoms with E-state index in [2.05, 4.69) is 85.2 Å². The molecule has 2 aliphatic carbocycles. The van der Waals surface area contributed by atoms with Gasteiger partial charge in [-0.25, -0.2) is 15.0 Å². The molecule has 0 saturated carbocycles. The molecule has 4 aliphatic rings. The first-order valence-electron chi connectivity index (χ1n) is 13.9. The first kappa shape index (κ1) is 27.1. The Labute approximate surface area is 247 Å². The molecule has 4 aromatic rings. The van der Waals surface area contributed by atoms with Gasteiger partial charge in [-0.15, -0.1) is 0 Å². The highest BCUT2D eigenvalue weighted by molar-refractivity contribution is 7.86. The van der Waals surface area contributed by atoms with E-state index in [1.807, 2.05) is 25.2 Å². The van der Waals surface area contributed by atoms with Gasteiger partial charge in [0.05, 0.1) is 5.25 Å². The summed E-state index contributed by atoms with van der Waals surface area (Å²) in [6, 6.07) is 18.8. The lowest BCUT2D eigenvalue weighted by Gasteiger charge is -2.27. The fourth-order valence-corrected chi connectivity index (χ4v) is 7.35. The molecule has 0 radical (unpaired) electrons. The second kappa shape index (κ2) is 10.5. The number of hydrogen-bond donors (Lipinski definition) is 1. The number of aliphatic imine (C=N–C) groups is 4. The Hall–Kier alpha value is -4.80. The largest absolute Gasteiger partial charge is 0.348 e. The van der Waals surface area contributed by atoms with Crippen molar-refractivity contribution < 1.29 is 17.8 Å². The summed E-state index contributed by atoms with van der Waals surface area (Å²) in [5.74, 6) is -0.330. The molecule has 8 rings (SSSR count). The summed E-state index contributed by atoms with van der Waals surface area (Å²) in [6.07, 6.45) is 12.8. The number of amidine groups is 1. The van der Waals surface area contributed by atoms with Gasteiger partial charge < -0.3 is 4.57 Å². The molecule has 214 valence electrons. The van der Waals surface area contributed by atoms with Crippen molar-refractivity contribution >= 4 is 74.1 Å². The van der Waals surface area contributed by atoms with Crippen LogP contribution in [0.3, 0.4) is 0 Å². The van der Waals surface area contributed by atoms with Crippen molar-refractivity contribution in [1.82, 2.24) is 4.57 Å². The predicted molar refractivity (Wildman–Crippen MR) is 171 cm³/mol. The van der Waals surface area contributed by atoms with Crippen molar-refractivity contribution in [2.45, 2.75) is 24.5 Å². The minimum Gasteiger partial charge on any atom is -0.348 e. The number of hydrogen-bond acceptors (Lipinski definition) is 6. The van der Waals surface area contributed by atoms with E-state index in [4.69, 9.17) is 0 Å². The standard InChI is InChI=1S/C28H25NO3S.C5H2N4O/c1-29-22(14-20-7-3-5-9-27(20)29)15-21-16-26-19(17-28(21)33(30,31)32)11-13-24-23-8-4-2-6-18(23)10-12-25(24)26;10-5-3-4(7-1-6-3)8-2-9-5/h2-5,7-14,16,21,28H,6,15,17H2,1H3,(H,30,31,32);1-2H. The van der Waals surface area contributed by atoms with Crippen LogP contribution >= 0.6 is 0 Å². The van der Waals surface area contributed by atoms with Crippen molar-refractivity contribution in [3.63, 3.8) is 0 Å². The molecule has 0 spiro atoms.